The lowest BCUT2D eigenvalue weighted by Crippen LogP contribution is -2.15. The topological polar surface area (TPSA) is 110 Å². The van der Waals surface area contributed by atoms with E-state index < -0.39 is 5.91 Å². The molecule has 154 valence electrons. The van der Waals surface area contributed by atoms with Crippen LogP contribution in [0.5, 0.6) is 5.75 Å². The van der Waals surface area contributed by atoms with Crippen molar-refractivity contribution in [2.45, 2.75) is 6.92 Å². The van der Waals surface area contributed by atoms with Gasteiger partial charge in [-0.05, 0) is 64.5 Å². The van der Waals surface area contributed by atoms with Gasteiger partial charge in [-0.25, -0.2) is 0 Å². The third-order valence-corrected chi connectivity index (χ3v) is 4.37. The zero-order valence-electron chi connectivity index (χ0n) is 16.1. The summed E-state index contributed by atoms with van der Waals surface area (Å²) in [6.07, 6.45) is 0. The summed E-state index contributed by atoms with van der Waals surface area (Å²) in [7, 11) is 1.49. The second kappa shape index (κ2) is 9.27. The van der Waals surface area contributed by atoms with Crippen molar-refractivity contribution < 1.29 is 23.5 Å². The van der Waals surface area contributed by atoms with E-state index >= 15 is 0 Å². The van der Waals surface area contributed by atoms with Crippen LogP contribution in [0.4, 0.5) is 17.1 Å². The van der Waals surface area contributed by atoms with Gasteiger partial charge in [0.15, 0.2) is 10.4 Å². The van der Waals surface area contributed by atoms with Gasteiger partial charge in [0.25, 0.3) is 11.8 Å². The number of benzene rings is 2. The minimum atomic E-state index is -0.437. The summed E-state index contributed by atoms with van der Waals surface area (Å²) < 4.78 is 10.9. The van der Waals surface area contributed by atoms with Crippen LogP contribution in [0, 0.1) is 0 Å². The maximum Gasteiger partial charge on any atom is 0.291 e. The molecule has 0 saturated carbocycles. The molecule has 8 nitrogen and oxygen atoms in total. The van der Waals surface area contributed by atoms with Crippen LogP contribution in [-0.4, -0.2) is 24.8 Å². The first kappa shape index (κ1) is 21.1. The van der Waals surface area contributed by atoms with E-state index in [2.05, 4.69) is 31.9 Å². The van der Waals surface area contributed by atoms with E-state index in [-0.39, 0.29) is 17.6 Å². The van der Waals surface area contributed by atoms with Gasteiger partial charge in [0, 0.05) is 23.9 Å². The van der Waals surface area contributed by atoms with Crippen molar-refractivity contribution in [3.8, 4) is 5.75 Å². The van der Waals surface area contributed by atoms with E-state index in [4.69, 9.17) is 9.15 Å². The van der Waals surface area contributed by atoms with E-state index in [1.807, 2.05) is 0 Å². The lowest BCUT2D eigenvalue weighted by atomic mass is 10.1. The van der Waals surface area contributed by atoms with Crippen molar-refractivity contribution in [1.82, 2.24) is 0 Å². The normalized spacial score (nSPS) is 10.2. The van der Waals surface area contributed by atoms with E-state index in [1.54, 1.807) is 48.5 Å². The maximum atomic E-state index is 12.6. The second-order valence-corrected chi connectivity index (χ2v) is 6.97. The van der Waals surface area contributed by atoms with Crippen LogP contribution < -0.4 is 20.7 Å². The van der Waals surface area contributed by atoms with Gasteiger partial charge < -0.3 is 25.1 Å². The Labute approximate surface area is 180 Å². The number of carbonyl (C=O) groups excluding carboxylic acids is 3. The molecular weight excluding hydrogens is 454 g/mol. The number of furan rings is 1. The van der Waals surface area contributed by atoms with Crippen LogP contribution in [0.15, 0.2) is 63.7 Å². The Morgan fingerprint density at radius 1 is 0.900 bits per heavy atom. The summed E-state index contributed by atoms with van der Waals surface area (Å²) in [4.78, 5) is 36.2. The first-order valence-corrected chi connectivity index (χ1v) is 9.59. The third-order valence-electron chi connectivity index (χ3n) is 3.95. The lowest BCUT2D eigenvalue weighted by molar-refractivity contribution is -0.114. The van der Waals surface area contributed by atoms with Gasteiger partial charge >= 0.3 is 0 Å². The minimum absolute atomic E-state index is 0.139. The van der Waals surface area contributed by atoms with Crippen LogP contribution in [0.2, 0.25) is 0 Å². The summed E-state index contributed by atoms with van der Waals surface area (Å²) in [5.41, 5.74) is 1.69. The number of rotatable bonds is 6. The minimum Gasteiger partial charge on any atom is -0.495 e. The molecule has 0 fully saturated rings. The number of nitrogens with one attached hydrogen (secondary N) is 3. The largest absolute Gasteiger partial charge is 0.495 e. The predicted molar refractivity (Wildman–Crippen MR) is 116 cm³/mol. The molecule has 2 aromatic carbocycles. The Balaban J connectivity index is 1.74. The zero-order valence-corrected chi connectivity index (χ0v) is 17.7. The zero-order chi connectivity index (χ0) is 21.7. The summed E-state index contributed by atoms with van der Waals surface area (Å²) in [6, 6.07) is 14.5. The van der Waals surface area contributed by atoms with Crippen LogP contribution in [0.3, 0.4) is 0 Å². The molecule has 0 bridgehead atoms. The van der Waals surface area contributed by atoms with Crippen LogP contribution in [0.1, 0.15) is 27.8 Å². The Hall–Kier alpha value is -3.59. The average molecular weight is 472 g/mol. The Morgan fingerprint density at radius 2 is 1.63 bits per heavy atom. The van der Waals surface area contributed by atoms with Crippen molar-refractivity contribution >= 4 is 50.7 Å². The number of halogens is 1. The maximum absolute atomic E-state index is 12.6. The summed E-state index contributed by atoms with van der Waals surface area (Å²) >= 11 is 3.14. The molecule has 0 aliphatic heterocycles. The SMILES string of the molecule is COc1ccc(NC(=O)c2cccc(NC(=O)c3ccc(Br)o3)c2)cc1NC(C)=O. The fourth-order valence-electron chi connectivity index (χ4n) is 2.64. The number of hydrogen-bond donors (Lipinski definition) is 3. The highest BCUT2D eigenvalue weighted by Crippen LogP contribution is 2.28. The Bertz CT molecular complexity index is 1110. The van der Waals surface area contributed by atoms with Gasteiger partial charge in [0.05, 0.1) is 12.8 Å². The van der Waals surface area contributed by atoms with Crippen LogP contribution in [-0.2, 0) is 4.79 Å². The molecular formula is C21H18BrN3O5. The molecule has 0 radical (unpaired) electrons. The fourth-order valence-corrected chi connectivity index (χ4v) is 2.95. The molecule has 0 unspecified atom stereocenters. The first-order chi connectivity index (χ1) is 14.4. The molecule has 0 spiro atoms. The molecule has 0 saturated heterocycles. The molecule has 0 aliphatic rings. The molecule has 1 aromatic heterocycles. The highest BCUT2D eigenvalue weighted by Gasteiger charge is 2.13. The van der Waals surface area contributed by atoms with Gasteiger partial charge in [-0.15, -0.1) is 0 Å². The second-order valence-electron chi connectivity index (χ2n) is 6.19. The van der Waals surface area contributed by atoms with Crippen molar-refractivity contribution in [3.05, 3.63) is 70.6 Å². The quantitative estimate of drug-likeness (QED) is 0.489. The number of ether oxygens (including phenoxy) is 1. The van der Waals surface area contributed by atoms with Crippen LogP contribution >= 0.6 is 15.9 Å². The molecule has 30 heavy (non-hydrogen) atoms. The standard InChI is InChI=1S/C21H18BrN3O5/c1-12(26)23-16-11-15(6-7-17(16)29-2)24-20(27)13-4-3-5-14(10-13)25-21(28)18-8-9-19(22)30-18/h3-11H,1-2H3,(H,23,26)(H,24,27)(H,25,28). The van der Waals surface area contributed by atoms with Gasteiger partial charge in [0.2, 0.25) is 5.91 Å². The highest BCUT2D eigenvalue weighted by atomic mass is 79.9. The van der Waals surface area contributed by atoms with Gasteiger partial charge in [-0.1, -0.05) is 6.07 Å². The lowest BCUT2D eigenvalue weighted by Gasteiger charge is -2.12. The molecule has 3 aromatic rings. The highest BCUT2D eigenvalue weighted by molar-refractivity contribution is 9.10. The first-order valence-electron chi connectivity index (χ1n) is 8.79. The Morgan fingerprint density at radius 3 is 2.30 bits per heavy atom. The molecule has 9 heteroatoms. The van der Waals surface area contributed by atoms with Gasteiger partial charge in [-0.2, -0.15) is 0 Å². The summed E-state index contributed by atoms with van der Waals surface area (Å²) in [6.45, 7) is 1.38. The monoisotopic (exact) mass is 471 g/mol. The molecule has 3 amide bonds. The fraction of sp³-hybridized carbons (Fsp3) is 0.0952. The smallest absolute Gasteiger partial charge is 0.291 e. The number of hydrogen-bond acceptors (Lipinski definition) is 5. The number of carbonyl (C=O) groups is 3. The van der Waals surface area contributed by atoms with Gasteiger partial charge in [0.1, 0.15) is 5.75 Å². The molecule has 1 heterocycles. The van der Waals surface area contributed by atoms with E-state index in [0.717, 1.165) is 0 Å². The van der Waals surface area contributed by atoms with Gasteiger partial charge in [-0.3, -0.25) is 14.4 Å². The molecule has 3 rings (SSSR count). The number of methoxy groups -OCH3 is 1. The molecule has 0 atom stereocenters. The van der Waals surface area contributed by atoms with E-state index in [9.17, 15) is 14.4 Å². The van der Waals surface area contributed by atoms with Crippen molar-refractivity contribution in [3.63, 3.8) is 0 Å². The number of anilines is 3. The summed E-state index contributed by atoms with van der Waals surface area (Å²) in [5.74, 6) is -0.471. The van der Waals surface area contributed by atoms with Crippen molar-refractivity contribution in [2.24, 2.45) is 0 Å². The third kappa shape index (κ3) is 5.26. The average Bonchev–Trinajstić information content (AvgIpc) is 3.14. The summed E-state index contributed by atoms with van der Waals surface area (Å²) in [5, 5.41) is 8.09. The Kier molecular flexibility index (Phi) is 6.53. The molecule has 0 aliphatic carbocycles. The van der Waals surface area contributed by atoms with E-state index in [1.165, 1.54) is 20.1 Å². The predicted octanol–water partition coefficient (Wildman–Crippen LogP) is 4.51. The molecule has 3 N–H and O–H groups in total. The van der Waals surface area contributed by atoms with Crippen molar-refractivity contribution in [1.29, 1.82) is 0 Å². The number of amides is 3. The van der Waals surface area contributed by atoms with E-state index in [0.29, 0.717) is 33.0 Å². The van der Waals surface area contributed by atoms with Crippen LogP contribution in [0.25, 0.3) is 0 Å². The van der Waals surface area contributed by atoms with Crippen molar-refractivity contribution in [2.75, 3.05) is 23.1 Å².